The summed E-state index contributed by atoms with van der Waals surface area (Å²) in [5.41, 5.74) is 4.81. The quantitative estimate of drug-likeness (QED) is 0.612. The van der Waals surface area contributed by atoms with Gasteiger partial charge in [-0.25, -0.2) is 4.79 Å². The Morgan fingerprint density at radius 2 is 1.82 bits per heavy atom. The Balaban J connectivity index is 2.26. The number of esters is 1. The molecule has 0 saturated heterocycles. The number of benzene rings is 2. The summed E-state index contributed by atoms with van der Waals surface area (Å²) in [6.45, 7) is 2.83. The van der Waals surface area contributed by atoms with Crippen LogP contribution >= 0.6 is 11.6 Å². The summed E-state index contributed by atoms with van der Waals surface area (Å²) in [5.74, 6) is 0.00730. The number of methoxy groups -OCH3 is 1. The standard InChI is InChI=1S/C18H20ClNO2/c1-13-4-6-14(7-5-13)12-20(2)17-9-15(11-19)8-16(10-17)18(21)22-3/h4-10H,11-12H2,1-3H3. The molecule has 0 aliphatic heterocycles. The second kappa shape index (κ2) is 7.32. The van der Waals surface area contributed by atoms with Gasteiger partial charge >= 0.3 is 5.97 Å². The Morgan fingerprint density at radius 1 is 1.14 bits per heavy atom. The first-order valence-electron chi connectivity index (χ1n) is 7.08. The van der Waals surface area contributed by atoms with Gasteiger partial charge in [0.1, 0.15) is 0 Å². The molecule has 0 saturated carbocycles. The summed E-state index contributed by atoms with van der Waals surface area (Å²) < 4.78 is 4.80. The third-order valence-electron chi connectivity index (χ3n) is 3.53. The fourth-order valence-corrected chi connectivity index (χ4v) is 2.42. The number of halogens is 1. The second-order valence-electron chi connectivity index (χ2n) is 5.36. The van der Waals surface area contributed by atoms with Crippen LogP contribution in [-0.4, -0.2) is 20.1 Å². The average Bonchev–Trinajstić information content (AvgIpc) is 2.55. The minimum Gasteiger partial charge on any atom is -0.465 e. The van der Waals surface area contributed by atoms with Crippen molar-refractivity contribution in [2.75, 3.05) is 19.1 Å². The van der Waals surface area contributed by atoms with E-state index in [1.807, 2.05) is 19.2 Å². The molecule has 0 fully saturated rings. The first-order chi connectivity index (χ1) is 10.5. The molecule has 116 valence electrons. The molecule has 0 atom stereocenters. The Kier molecular flexibility index (Phi) is 5.45. The number of rotatable bonds is 5. The summed E-state index contributed by atoms with van der Waals surface area (Å²) >= 11 is 5.93. The van der Waals surface area contributed by atoms with E-state index in [9.17, 15) is 4.79 Å². The van der Waals surface area contributed by atoms with E-state index in [2.05, 4.69) is 36.1 Å². The van der Waals surface area contributed by atoms with Crippen LogP contribution in [0.2, 0.25) is 0 Å². The number of aryl methyl sites for hydroxylation is 1. The van der Waals surface area contributed by atoms with Gasteiger partial charge in [0.2, 0.25) is 0 Å². The van der Waals surface area contributed by atoms with Crippen molar-refractivity contribution in [2.24, 2.45) is 0 Å². The molecular weight excluding hydrogens is 298 g/mol. The van der Waals surface area contributed by atoms with Crippen molar-refractivity contribution >= 4 is 23.3 Å². The lowest BCUT2D eigenvalue weighted by atomic mass is 10.1. The highest BCUT2D eigenvalue weighted by molar-refractivity contribution is 6.17. The van der Waals surface area contributed by atoms with Crippen molar-refractivity contribution in [3.8, 4) is 0 Å². The van der Waals surface area contributed by atoms with E-state index in [1.54, 1.807) is 6.07 Å². The number of hydrogen-bond acceptors (Lipinski definition) is 3. The molecule has 0 radical (unpaired) electrons. The van der Waals surface area contributed by atoms with Crippen molar-refractivity contribution in [3.63, 3.8) is 0 Å². The Bertz CT molecular complexity index is 653. The molecule has 0 aliphatic carbocycles. The van der Waals surface area contributed by atoms with E-state index < -0.39 is 0 Å². The zero-order valence-corrected chi connectivity index (χ0v) is 13.9. The first kappa shape index (κ1) is 16.4. The van der Waals surface area contributed by atoms with Crippen molar-refractivity contribution < 1.29 is 9.53 Å². The highest BCUT2D eigenvalue weighted by atomic mass is 35.5. The number of carbonyl (C=O) groups is 1. The van der Waals surface area contributed by atoms with Crippen LogP contribution in [-0.2, 0) is 17.2 Å². The smallest absolute Gasteiger partial charge is 0.337 e. The minimum absolute atomic E-state index is 0.350. The topological polar surface area (TPSA) is 29.5 Å². The molecule has 0 bridgehead atoms. The molecule has 2 rings (SSSR count). The molecule has 22 heavy (non-hydrogen) atoms. The minimum atomic E-state index is -0.350. The Hall–Kier alpha value is -2.00. The van der Waals surface area contributed by atoms with Gasteiger partial charge in [-0.1, -0.05) is 29.8 Å². The van der Waals surface area contributed by atoms with Crippen LogP contribution in [0.3, 0.4) is 0 Å². The van der Waals surface area contributed by atoms with Crippen molar-refractivity contribution in [1.29, 1.82) is 0 Å². The normalized spacial score (nSPS) is 10.4. The van der Waals surface area contributed by atoms with E-state index in [0.29, 0.717) is 11.4 Å². The number of alkyl halides is 1. The van der Waals surface area contributed by atoms with Crippen LogP contribution in [0.15, 0.2) is 42.5 Å². The van der Waals surface area contributed by atoms with Gasteiger partial charge in [0.05, 0.1) is 12.7 Å². The molecule has 0 amide bonds. The van der Waals surface area contributed by atoms with Crippen LogP contribution in [0.1, 0.15) is 27.0 Å². The third-order valence-corrected chi connectivity index (χ3v) is 3.84. The van der Waals surface area contributed by atoms with Crippen LogP contribution in [0.25, 0.3) is 0 Å². The zero-order valence-electron chi connectivity index (χ0n) is 13.1. The number of hydrogen-bond donors (Lipinski definition) is 0. The van der Waals surface area contributed by atoms with E-state index in [4.69, 9.17) is 16.3 Å². The van der Waals surface area contributed by atoms with Crippen molar-refractivity contribution in [3.05, 3.63) is 64.7 Å². The fraction of sp³-hybridized carbons (Fsp3) is 0.278. The van der Waals surface area contributed by atoms with Crippen molar-refractivity contribution in [1.82, 2.24) is 0 Å². The van der Waals surface area contributed by atoms with Gasteiger partial charge in [0, 0.05) is 25.2 Å². The first-order valence-corrected chi connectivity index (χ1v) is 7.62. The molecule has 0 aromatic heterocycles. The maximum Gasteiger partial charge on any atom is 0.337 e. The number of anilines is 1. The molecule has 0 unspecified atom stereocenters. The summed E-state index contributed by atoms with van der Waals surface area (Å²) in [6, 6.07) is 14.0. The Labute approximate surface area is 136 Å². The van der Waals surface area contributed by atoms with Crippen molar-refractivity contribution in [2.45, 2.75) is 19.3 Å². The molecule has 4 heteroatoms. The van der Waals surface area contributed by atoms with E-state index >= 15 is 0 Å². The highest BCUT2D eigenvalue weighted by Gasteiger charge is 2.11. The van der Waals surface area contributed by atoms with Gasteiger partial charge in [-0.3, -0.25) is 0 Å². The van der Waals surface area contributed by atoms with Crippen LogP contribution in [0, 0.1) is 6.92 Å². The largest absolute Gasteiger partial charge is 0.465 e. The van der Waals surface area contributed by atoms with Gasteiger partial charge in [0.15, 0.2) is 0 Å². The summed E-state index contributed by atoms with van der Waals surface area (Å²) in [6.07, 6.45) is 0. The predicted molar refractivity (Wildman–Crippen MR) is 90.6 cm³/mol. The predicted octanol–water partition coefficient (Wildman–Crippen LogP) is 4.16. The molecule has 2 aromatic carbocycles. The maximum atomic E-state index is 11.8. The fourth-order valence-electron chi connectivity index (χ4n) is 2.27. The lowest BCUT2D eigenvalue weighted by Gasteiger charge is -2.21. The van der Waals surface area contributed by atoms with Gasteiger partial charge in [-0.05, 0) is 36.2 Å². The van der Waals surface area contributed by atoms with Gasteiger partial charge < -0.3 is 9.64 Å². The zero-order chi connectivity index (χ0) is 16.1. The molecule has 0 spiro atoms. The van der Waals surface area contributed by atoms with Gasteiger partial charge in [-0.15, -0.1) is 11.6 Å². The lowest BCUT2D eigenvalue weighted by molar-refractivity contribution is 0.0600. The van der Waals surface area contributed by atoms with Crippen LogP contribution < -0.4 is 4.90 Å². The highest BCUT2D eigenvalue weighted by Crippen LogP contribution is 2.22. The number of nitrogens with zero attached hydrogens (tertiary/aromatic N) is 1. The Morgan fingerprint density at radius 3 is 2.41 bits per heavy atom. The molecule has 2 aromatic rings. The monoisotopic (exact) mass is 317 g/mol. The van der Waals surface area contributed by atoms with Crippen LogP contribution in [0.4, 0.5) is 5.69 Å². The van der Waals surface area contributed by atoms with E-state index in [0.717, 1.165) is 17.8 Å². The van der Waals surface area contributed by atoms with E-state index in [-0.39, 0.29) is 5.97 Å². The van der Waals surface area contributed by atoms with E-state index in [1.165, 1.54) is 18.2 Å². The summed E-state index contributed by atoms with van der Waals surface area (Å²) in [5, 5.41) is 0. The average molecular weight is 318 g/mol. The van der Waals surface area contributed by atoms with Gasteiger partial charge in [-0.2, -0.15) is 0 Å². The molecule has 0 N–H and O–H groups in total. The third kappa shape index (κ3) is 4.01. The lowest BCUT2D eigenvalue weighted by Crippen LogP contribution is -2.17. The molecule has 3 nitrogen and oxygen atoms in total. The second-order valence-corrected chi connectivity index (χ2v) is 5.62. The molecule has 0 aliphatic rings. The summed E-state index contributed by atoms with van der Waals surface area (Å²) in [4.78, 5) is 13.9. The van der Waals surface area contributed by atoms with Crippen LogP contribution in [0.5, 0.6) is 0 Å². The molecular formula is C18H20ClNO2. The van der Waals surface area contributed by atoms with Gasteiger partial charge in [0.25, 0.3) is 0 Å². The summed E-state index contributed by atoms with van der Waals surface area (Å²) in [7, 11) is 3.37. The number of ether oxygens (including phenoxy) is 1. The SMILES string of the molecule is COC(=O)c1cc(CCl)cc(N(C)Cc2ccc(C)cc2)c1. The maximum absolute atomic E-state index is 11.8. The molecule has 0 heterocycles. The number of carbonyl (C=O) groups excluding carboxylic acids is 1.